The van der Waals surface area contributed by atoms with Gasteiger partial charge in [0.25, 0.3) is 0 Å². The first-order valence-corrected chi connectivity index (χ1v) is 20.3. The zero-order valence-electron chi connectivity index (χ0n) is 28.4. The van der Waals surface area contributed by atoms with Crippen LogP contribution in [0.5, 0.6) is 5.75 Å². The molecule has 53 heavy (non-hydrogen) atoms. The average Bonchev–Trinajstić information content (AvgIpc) is 3.21. The van der Waals surface area contributed by atoms with Crippen LogP contribution in [0.2, 0.25) is 0 Å². The van der Waals surface area contributed by atoms with Crippen LogP contribution in [0.25, 0.3) is 55.6 Å². The second-order valence-corrected chi connectivity index (χ2v) is 17.1. The molecule has 0 atom stereocenters. The van der Waals surface area contributed by atoms with Crippen molar-refractivity contribution in [2.75, 3.05) is 0 Å². The molecule has 3 aliphatic rings. The summed E-state index contributed by atoms with van der Waals surface area (Å²) >= 11 is 5.76. The van der Waals surface area contributed by atoms with Gasteiger partial charge in [-0.25, -0.2) is 0 Å². The van der Waals surface area contributed by atoms with E-state index in [1.807, 2.05) is 47.4 Å². The maximum absolute atomic E-state index is 11.2. The molecule has 8 aromatic rings. The number of phenols is 1. The molecule has 1 N–H and O–H groups in total. The lowest BCUT2D eigenvalue weighted by atomic mass is 9.36. The van der Waals surface area contributed by atoms with Gasteiger partial charge < -0.3 is 5.11 Å². The molecular weight excluding hydrogens is 700 g/mol. The molecule has 11 rings (SSSR count). The number of hydrogen-bond donors (Lipinski definition) is 1. The molecule has 0 spiro atoms. The highest BCUT2D eigenvalue weighted by Crippen LogP contribution is 2.46. The monoisotopic (exact) mass is 728 g/mol. The molecule has 0 aliphatic carbocycles. The topological polar surface area (TPSA) is 20.2 Å². The van der Waals surface area contributed by atoms with Gasteiger partial charge in [-0.15, -0.1) is 0 Å². The third-order valence-electron chi connectivity index (χ3n) is 10.6. The molecule has 8 aromatic carbocycles. The molecule has 0 unspecified atom stereocenters. The largest absolute Gasteiger partial charge is 0.508 e. The molecular formula is C48H29BOS3. The molecule has 3 heterocycles. The van der Waals surface area contributed by atoms with Gasteiger partial charge in [0.15, 0.2) is 0 Å². The summed E-state index contributed by atoms with van der Waals surface area (Å²) in [5.41, 5.74) is 15.5. The summed E-state index contributed by atoms with van der Waals surface area (Å²) in [6.07, 6.45) is 0. The average molecular weight is 729 g/mol. The van der Waals surface area contributed by atoms with Gasteiger partial charge in [-0.2, -0.15) is 0 Å². The molecule has 0 fully saturated rings. The Balaban J connectivity index is 1.01. The van der Waals surface area contributed by atoms with Crippen LogP contribution >= 0.6 is 35.3 Å². The summed E-state index contributed by atoms with van der Waals surface area (Å²) in [5, 5.41) is 11.2. The fourth-order valence-corrected chi connectivity index (χ4v) is 12.1. The molecule has 0 bridgehead atoms. The van der Waals surface area contributed by atoms with Crippen molar-refractivity contribution in [3.8, 4) is 61.4 Å². The minimum absolute atomic E-state index is 0.252. The van der Waals surface area contributed by atoms with Gasteiger partial charge in [-0.05, 0) is 151 Å². The minimum Gasteiger partial charge on any atom is -0.508 e. The van der Waals surface area contributed by atoms with Crippen molar-refractivity contribution in [2.45, 2.75) is 29.4 Å². The van der Waals surface area contributed by atoms with E-state index in [1.165, 1.54) is 56.9 Å². The van der Waals surface area contributed by atoms with Gasteiger partial charge in [0.05, 0.1) is 0 Å². The van der Waals surface area contributed by atoms with E-state index >= 15 is 0 Å². The van der Waals surface area contributed by atoms with E-state index in [0.717, 1.165) is 44.5 Å². The summed E-state index contributed by atoms with van der Waals surface area (Å²) in [6, 6.07) is 60.9. The van der Waals surface area contributed by atoms with Gasteiger partial charge in [-0.3, -0.25) is 0 Å². The highest BCUT2D eigenvalue weighted by Gasteiger charge is 2.43. The molecule has 1 nitrogen and oxygen atoms in total. The standard InChI is InChI=1S/C48H29BOS3/c50-39-25-36(24-37(26-39)35-22-33(29-10-3-1-4-11-29)21-34(23-35)30-12-5-2-6-13-30)31-14-7-15-32(20-31)38-27-44-48-45(28-38)53-43-19-9-17-41-47(43)49(48)46-40(51-41)16-8-18-42(46)52-44/h1-28,50H. The highest BCUT2D eigenvalue weighted by atomic mass is 32.2. The van der Waals surface area contributed by atoms with Gasteiger partial charge in [0.2, 0.25) is 6.71 Å². The van der Waals surface area contributed by atoms with E-state index in [0.29, 0.717) is 0 Å². The van der Waals surface area contributed by atoms with E-state index in [1.54, 1.807) is 0 Å². The Morgan fingerprint density at radius 2 is 0.604 bits per heavy atom. The first-order chi connectivity index (χ1) is 26.1. The Morgan fingerprint density at radius 1 is 0.283 bits per heavy atom. The normalized spacial score (nSPS) is 13.1. The molecule has 5 heteroatoms. The summed E-state index contributed by atoms with van der Waals surface area (Å²) in [6.45, 7) is 0.287. The Labute approximate surface area is 322 Å². The van der Waals surface area contributed by atoms with Crippen molar-refractivity contribution in [1.29, 1.82) is 0 Å². The smallest absolute Gasteiger partial charge is 0.250 e. The zero-order chi connectivity index (χ0) is 35.0. The Bertz CT molecular complexity index is 2640. The highest BCUT2D eigenvalue weighted by molar-refractivity contribution is 8.02. The Morgan fingerprint density at radius 3 is 1.09 bits per heavy atom. The molecule has 0 saturated carbocycles. The molecule has 248 valence electrons. The van der Waals surface area contributed by atoms with Gasteiger partial charge in [0, 0.05) is 29.4 Å². The van der Waals surface area contributed by atoms with Crippen LogP contribution in [0.15, 0.2) is 199 Å². The third-order valence-corrected chi connectivity index (χ3v) is 14.0. The van der Waals surface area contributed by atoms with Crippen LogP contribution in [-0.4, -0.2) is 11.8 Å². The SMILES string of the molecule is Oc1cc(-c2cccc(-c3cc4c5c(c3)Sc3cccc6c3B5c3c(cccc3S4)S6)c2)cc(-c2cc(-c3ccccc3)cc(-c3ccccc3)c2)c1. The van der Waals surface area contributed by atoms with Crippen LogP contribution in [0.3, 0.4) is 0 Å². The zero-order valence-corrected chi connectivity index (χ0v) is 30.9. The van der Waals surface area contributed by atoms with E-state index in [4.69, 9.17) is 0 Å². The first kappa shape index (κ1) is 31.2. The molecule has 3 aliphatic heterocycles. The van der Waals surface area contributed by atoms with Crippen LogP contribution in [-0.2, 0) is 0 Å². The minimum atomic E-state index is 0.252. The summed E-state index contributed by atoms with van der Waals surface area (Å²) in [4.78, 5) is 8.22. The lowest BCUT2D eigenvalue weighted by molar-refractivity contribution is 0.476. The first-order valence-electron chi connectivity index (χ1n) is 17.8. The maximum Gasteiger partial charge on any atom is 0.250 e. The number of aromatic hydroxyl groups is 1. The summed E-state index contributed by atoms with van der Waals surface area (Å²) in [5.74, 6) is 0.252. The lowest BCUT2D eigenvalue weighted by Gasteiger charge is -2.38. The maximum atomic E-state index is 11.2. The fourth-order valence-electron chi connectivity index (χ4n) is 8.19. The second kappa shape index (κ2) is 12.4. The van der Waals surface area contributed by atoms with Gasteiger partial charge in [-0.1, -0.05) is 126 Å². The second-order valence-electron chi connectivity index (χ2n) is 13.8. The van der Waals surface area contributed by atoms with Crippen molar-refractivity contribution in [2.24, 2.45) is 0 Å². The van der Waals surface area contributed by atoms with Crippen molar-refractivity contribution in [3.63, 3.8) is 0 Å². The Kier molecular flexibility index (Phi) is 7.30. The summed E-state index contributed by atoms with van der Waals surface area (Å²) in [7, 11) is 0. The van der Waals surface area contributed by atoms with Crippen LogP contribution in [0.4, 0.5) is 0 Å². The number of hydrogen-bond acceptors (Lipinski definition) is 4. The van der Waals surface area contributed by atoms with Crippen molar-refractivity contribution in [1.82, 2.24) is 0 Å². The van der Waals surface area contributed by atoms with Crippen molar-refractivity contribution in [3.05, 3.63) is 170 Å². The van der Waals surface area contributed by atoms with Crippen LogP contribution in [0, 0.1) is 0 Å². The van der Waals surface area contributed by atoms with Crippen LogP contribution < -0.4 is 16.4 Å². The fraction of sp³-hybridized carbons (Fsp3) is 0. The number of phenolic OH excluding ortho intramolecular Hbond substituents is 1. The van der Waals surface area contributed by atoms with Gasteiger partial charge in [0.1, 0.15) is 5.75 Å². The van der Waals surface area contributed by atoms with E-state index < -0.39 is 0 Å². The lowest BCUT2D eigenvalue weighted by Crippen LogP contribution is -2.60. The van der Waals surface area contributed by atoms with Crippen LogP contribution in [0.1, 0.15) is 0 Å². The Hall–Kier alpha value is -5.33. The van der Waals surface area contributed by atoms with Crippen molar-refractivity contribution < 1.29 is 5.11 Å². The molecule has 0 saturated heterocycles. The van der Waals surface area contributed by atoms with Gasteiger partial charge >= 0.3 is 0 Å². The molecule has 0 aromatic heterocycles. The third kappa shape index (κ3) is 5.29. The van der Waals surface area contributed by atoms with E-state index in [9.17, 15) is 5.11 Å². The summed E-state index contributed by atoms with van der Waals surface area (Å²) < 4.78 is 0. The van der Waals surface area contributed by atoms with E-state index in [-0.39, 0.29) is 12.5 Å². The number of rotatable bonds is 5. The number of benzene rings is 8. The predicted molar refractivity (Wildman–Crippen MR) is 225 cm³/mol. The predicted octanol–water partition coefficient (Wildman–Crippen LogP) is 11.6. The molecule has 0 amide bonds. The quantitative estimate of drug-likeness (QED) is 0.178. The molecule has 0 radical (unpaired) electrons. The van der Waals surface area contributed by atoms with Crippen molar-refractivity contribution >= 4 is 58.4 Å². The van der Waals surface area contributed by atoms with E-state index in [2.05, 4.69) is 158 Å².